The molecule has 0 aromatic heterocycles. The fourth-order valence-corrected chi connectivity index (χ4v) is 4.33. The second-order valence-corrected chi connectivity index (χ2v) is 9.48. The van der Waals surface area contributed by atoms with Crippen molar-refractivity contribution >= 4 is 11.8 Å². The normalized spacial score (nSPS) is 17.8. The summed E-state index contributed by atoms with van der Waals surface area (Å²) >= 11 is 0. The van der Waals surface area contributed by atoms with Crippen molar-refractivity contribution in [1.82, 2.24) is 10.2 Å². The smallest absolute Gasteiger partial charge is 0.251 e. The maximum Gasteiger partial charge on any atom is 0.251 e. The molecule has 2 aliphatic rings. The molecule has 0 radical (unpaired) electrons. The van der Waals surface area contributed by atoms with E-state index >= 15 is 0 Å². The molecule has 1 atom stereocenters. The first-order chi connectivity index (χ1) is 15.3. The minimum atomic E-state index is -0.150. The van der Waals surface area contributed by atoms with Crippen molar-refractivity contribution < 1.29 is 19.1 Å². The lowest BCUT2D eigenvalue weighted by Crippen LogP contribution is -2.34. The lowest BCUT2D eigenvalue weighted by molar-refractivity contribution is -0.132. The Hall–Kier alpha value is -3.02. The van der Waals surface area contributed by atoms with Crippen molar-refractivity contribution in [2.24, 2.45) is 0 Å². The largest absolute Gasteiger partial charge is 0.486 e. The average molecular weight is 437 g/mol. The van der Waals surface area contributed by atoms with E-state index in [1.54, 1.807) is 0 Å². The molecule has 1 fully saturated rings. The number of carbonyl (C=O) groups excluding carboxylic acids is 2. The summed E-state index contributed by atoms with van der Waals surface area (Å²) < 4.78 is 11.3. The summed E-state index contributed by atoms with van der Waals surface area (Å²) in [6.07, 6.45) is 2.18. The van der Waals surface area contributed by atoms with Gasteiger partial charge >= 0.3 is 0 Å². The number of hydrogen-bond acceptors (Lipinski definition) is 4. The van der Waals surface area contributed by atoms with E-state index in [4.69, 9.17) is 9.47 Å². The molecular formula is C26H32N2O4. The quantitative estimate of drug-likeness (QED) is 0.761. The number of rotatable bonds is 5. The Bertz CT molecular complexity index is 978. The summed E-state index contributed by atoms with van der Waals surface area (Å²) in [6, 6.07) is 13.6. The Labute approximate surface area is 189 Å². The van der Waals surface area contributed by atoms with E-state index in [0.29, 0.717) is 25.3 Å². The van der Waals surface area contributed by atoms with Crippen LogP contribution in [0.15, 0.2) is 42.5 Å². The molecule has 0 aliphatic carbocycles. The first-order valence-corrected chi connectivity index (χ1v) is 11.4. The number of hydrogen-bond donors (Lipinski definition) is 1. The minimum Gasteiger partial charge on any atom is -0.486 e. The van der Waals surface area contributed by atoms with Gasteiger partial charge in [-0.05, 0) is 53.6 Å². The number of fused-ring (bicyclic) bond motifs is 1. The Balaban J connectivity index is 1.32. The second kappa shape index (κ2) is 9.23. The lowest BCUT2D eigenvalue weighted by Gasteiger charge is -2.27. The van der Waals surface area contributed by atoms with E-state index < -0.39 is 0 Å². The van der Waals surface area contributed by atoms with Gasteiger partial charge in [0, 0.05) is 25.1 Å². The molecule has 170 valence electrons. The predicted molar refractivity (Wildman–Crippen MR) is 123 cm³/mol. The predicted octanol–water partition coefficient (Wildman–Crippen LogP) is 4.24. The molecule has 2 aromatic carbocycles. The molecule has 2 aromatic rings. The van der Waals surface area contributed by atoms with Crippen LogP contribution in [0.25, 0.3) is 0 Å². The van der Waals surface area contributed by atoms with Crippen LogP contribution in [0.3, 0.4) is 0 Å². The van der Waals surface area contributed by atoms with Gasteiger partial charge in [-0.2, -0.15) is 0 Å². The van der Waals surface area contributed by atoms with Crippen LogP contribution >= 0.6 is 0 Å². The van der Waals surface area contributed by atoms with E-state index in [-0.39, 0.29) is 29.7 Å². The zero-order valence-corrected chi connectivity index (χ0v) is 19.1. The van der Waals surface area contributed by atoms with Gasteiger partial charge in [-0.3, -0.25) is 9.59 Å². The fourth-order valence-electron chi connectivity index (χ4n) is 4.33. The number of amides is 2. The van der Waals surface area contributed by atoms with Crippen LogP contribution in [0.2, 0.25) is 0 Å². The van der Waals surface area contributed by atoms with Crippen LogP contribution in [0.1, 0.15) is 67.6 Å². The lowest BCUT2D eigenvalue weighted by atomic mass is 9.87. The van der Waals surface area contributed by atoms with Gasteiger partial charge in [-0.25, -0.2) is 0 Å². The molecule has 6 nitrogen and oxygen atoms in total. The van der Waals surface area contributed by atoms with E-state index in [0.717, 1.165) is 36.4 Å². The van der Waals surface area contributed by atoms with Gasteiger partial charge in [0.05, 0.1) is 6.04 Å². The summed E-state index contributed by atoms with van der Waals surface area (Å²) in [5.41, 5.74) is 2.91. The highest BCUT2D eigenvalue weighted by Gasteiger charge is 2.30. The first kappa shape index (κ1) is 22.2. The Morgan fingerprint density at radius 1 is 1.03 bits per heavy atom. The molecule has 0 unspecified atom stereocenters. The highest BCUT2D eigenvalue weighted by atomic mass is 16.6. The zero-order chi connectivity index (χ0) is 22.7. The molecule has 1 N–H and O–H groups in total. The van der Waals surface area contributed by atoms with Gasteiger partial charge in [-0.15, -0.1) is 0 Å². The highest BCUT2D eigenvalue weighted by Crippen LogP contribution is 2.38. The summed E-state index contributed by atoms with van der Waals surface area (Å²) in [4.78, 5) is 27.3. The molecule has 2 amide bonds. The monoisotopic (exact) mass is 436 g/mol. The molecule has 2 heterocycles. The highest BCUT2D eigenvalue weighted by molar-refractivity contribution is 5.94. The third-order valence-corrected chi connectivity index (χ3v) is 6.16. The summed E-state index contributed by atoms with van der Waals surface area (Å²) in [5, 5.41) is 2.88. The van der Waals surface area contributed by atoms with Crippen molar-refractivity contribution in [1.29, 1.82) is 0 Å². The average Bonchev–Trinajstić information content (AvgIpc) is 3.28. The molecule has 1 saturated heterocycles. The molecule has 6 heteroatoms. The number of nitrogens with one attached hydrogen (secondary N) is 1. The SMILES string of the molecule is CC(C)(C)c1ccc(C(=O)NCCC(=O)N2CCC[C@H]2c2ccc3c(c2)OCCO3)cc1. The Morgan fingerprint density at radius 3 is 2.47 bits per heavy atom. The van der Waals surface area contributed by atoms with Gasteiger partial charge in [0.2, 0.25) is 5.91 Å². The molecule has 4 rings (SSSR count). The summed E-state index contributed by atoms with van der Waals surface area (Å²) in [7, 11) is 0. The van der Waals surface area contributed by atoms with Gasteiger partial charge in [0.25, 0.3) is 5.91 Å². The maximum atomic E-state index is 12.9. The third kappa shape index (κ3) is 4.90. The molecule has 2 aliphatic heterocycles. The van der Waals surface area contributed by atoms with E-state index in [1.807, 2.05) is 47.4 Å². The van der Waals surface area contributed by atoms with Crippen LogP contribution in [0.4, 0.5) is 0 Å². The van der Waals surface area contributed by atoms with Gasteiger partial charge in [0.15, 0.2) is 11.5 Å². The molecule has 0 spiro atoms. The van der Waals surface area contributed by atoms with Crippen LogP contribution in [-0.4, -0.2) is 43.0 Å². The first-order valence-electron chi connectivity index (χ1n) is 11.4. The standard InChI is InChI=1S/C26H32N2O4/c1-26(2,3)20-9-6-18(7-10-20)25(30)27-13-12-24(29)28-14-4-5-21(28)19-8-11-22-23(17-19)32-16-15-31-22/h6-11,17,21H,4-5,12-16H2,1-3H3,(H,27,30)/t21-/m0/s1. The van der Waals surface area contributed by atoms with Gasteiger partial charge in [0.1, 0.15) is 13.2 Å². The van der Waals surface area contributed by atoms with Crippen LogP contribution in [-0.2, 0) is 10.2 Å². The number of carbonyl (C=O) groups is 2. The number of benzene rings is 2. The molecule has 32 heavy (non-hydrogen) atoms. The number of ether oxygens (including phenoxy) is 2. The van der Waals surface area contributed by atoms with Gasteiger partial charge < -0.3 is 19.7 Å². The molecular weight excluding hydrogens is 404 g/mol. The van der Waals surface area contributed by atoms with Crippen LogP contribution in [0, 0.1) is 0 Å². The van der Waals surface area contributed by atoms with E-state index in [1.165, 1.54) is 5.56 Å². The van der Waals surface area contributed by atoms with Crippen molar-refractivity contribution in [2.75, 3.05) is 26.3 Å². The zero-order valence-electron chi connectivity index (χ0n) is 19.1. The minimum absolute atomic E-state index is 0.0407. The number of likely N-dealkylation sites (tertiary alicyclic amines) is 1. The van der Waals surface area contributed by atoms with Crippen LogP contribution in [0.5, 0.6) is 11.5 Å². The Morgan fingerprint density at radius 2 is 1.75 bits per heavy atom. The second-order valence-electron chi connectivity index (χ2n) is 9.48. The topological polar surface area (TPSA) is 67.9 Å². The molecule has 0 saturated carbocycles. The summed E-state index contributed by atoms with van der Waals surface area (Å²) in [5.74, 6) is 1.42. The van der Waals surface area contributed by atoms with Crippen molar-refractivity contribution in [3.63, 3.8) is 0 Å². The van der Waals surface area contributed by atoms with Crippen LogP contribution < -0.4 is 14.8 Å². The van der Waals surface area contributed by atoms with Gasteiger partial charge in [-0.1, -0.05) is 39.0 Å². The van der Waals surface area contributed by atoms with Crippen molar-refractivity contribution in [3.05, 3.63) is 59.2 Å². The van der Waals surface area contributed by atoms with Crippen molar-refractivity contribution in [3.8, 4) is 11.5 Å². The van der Waals surface area contributed by atoms with E-state index in [9.17, 15) is 9.59 Å². The fraction of sp³-hybridized carbons (Fsp3) is 0.462. The number of nitrogens with zero attached hydrogens (tertiary/aromatic N) is 1. The maximum absolute atomic E-state index is 12.9. The molecule has 0 bridgehead atoms. The summed E-state index contributed by atoms with van der Waals surface area (Å²) in [6.45, 7) is 8.59. The third-order valence-electron chi connectivity index (χ3n) is 6.16. The Kier molecular flexibility index (Phi) is 6.40. The van der Waals surface area contributed by atoms with E-state index in [2.05, 4.69) is 26.1 Å². The van der Waals surface area contributed by atoms with Crippen molar-refractivity contribution in [2.45, 2.75) is 51.5 Å².